The van der Waals surface area contributed by atoms with Gasteiger partial charge in [0.25, 0.3) is 0 Å². The molecule has 184 valence electrons. The number of rotatable bonds is 8. The van der Waals surface area contributed by atoms with Gasteiger partial charge in [-0.25, -0.2) is 0 Å². The van der Waals surface area contributed by atoms with Crippen LogP contribution in [0.25, 0.3) is 11.4 Å². The van der Waals surface area contributed by atoms with Crippen LogP contribution in [-0.4, -0.2) is 31.4 Å². The standard InChI is InChI=1S/C29H31N5OS/c1-21-11-8-9-17-25(21)34-28(24-16-10-18-30-19-24)32-33-29(34)36-20-26(35)31-27(22-12-4-2-5-13-22)23-14-6-3-7-15-23/h2-7,10,12-16,18-19,21,25,27H,8-9,11,17,20H2,1H3,(H,31,35)/t21-,25+/m1/s1. The molecule has 6 nitrogen and oxygen atoms in total. The molecule has 0 spiro atoms. The minimum atomic E-state index is -0.206. The van der Waals surface area contributed by atoms with E-state index in [-0.39, 0.29) is 17.7 Å². The van der Waals surface area contributed by atoms with Gasteiger partial charge in [0.1, 0.15) is 0 Å². The second-order valence-corrected chi connectivity index (χ2v) is 10.3. The van der Waals surface area contributed by atoms with Crippen molar-refractivity contribution in [3.63, 3.8) is 0 Å². The molecule has 36 heavy (non-hydrogen) atoms. The van der Waals surface area contributed by atoms with Crippen LogP contribution in [0.15, 0.2) is 90.3 Å². The summed E-state index contributed by atoms with van der Waals surface area (Å²) in [7, 11) is 0. The summed E-state index contributed by atoms with van der Waals surface area (Å²) in [5.74, 6) is 1.59. The molecule has 2 aromatic heterocycles. The molecule has 1 amide bonds. The number of carbonyl (C=O) groups excluding carboxylic acids is 1. The van der Waals surface area contributed by atoms with Crippen LogP contribution in [0.2, 0.25) is 0 Å². The lowest BCUT2D eigenvalue weighted by molar-refractivity contribution is -0.119. The lowest BCUT2D eigenvalue weighted by Crippen LogP contribution is -2.31. The van der Waals surface area contributed by atoms with E-state index in [0.29, 0.717) is 12.0 Å². The summed E-state index contributed by atoms with van der Waals surface area (Å²) in [5, 5.41) is 13.1. The van der Waals surface area contributed by atoms with Gasteiger partial charge in [0.05, 0.1) is 11.8 Å². The van der Waals surface area contributed by atoms with E-state index in [4.69, 9.17) is 0 Å². The van der Waals surface area contributed by atoms with Crippen LogP contribution < -0.4 is 5.32 Å². The minimum Gasteiger partial charge on any atom is -0.344 e. The number of thioether (sulfide) groups is 1. The number of amides is 1. The Bertz CT molecular complexity index is 1220. The van der Waals surface area contributed by atoms with E-state index >= 15 is 0 Å². The van der Waals surface area contributed by atoms with Crippen molar-refractivity contribution in [2.75, 3.05) is 5.75 Å². The first kappa shape index (κ1) is 24.3. The van der Waals surface area contributed by atoms with Crippen LogP contribution in [0.1, 0.15) is 55.8 Å². The Morgan fingerprint density at radius 3 is 2.31 bits per heavy atom. The third-order valence-corrected chi connectivity index (χ3v) is 7.83. The van der Waals surface area contributed by atoms with Crippen LogP contribution >= 0.6 is 11.8 Å². The maximum Gasteiger partial charge on any atom is 0.231 e. The third kappa shape index (κ3) is 5.51. The molecule has 0 unspecified atom stereocenters. The molecule has 2 heterocycles. The largest absolute Gasteiger partial charge is 0.344 e. The summed E-state index contributed by atoms with van der Waals surface area (Å²) < 4.78 is 2.25. The molecule has 0 aliphatic heterocycles. The van der Waals surface area contributed by atoms with E-state index < -0.39 is 0 Å². The second-order valence-electron chi connectivity index (χ2n) is 9.36. The quantitative estimate of drug-likeness (QED) is 0.298. The Hall–Kier alpha value is -3.45. The summed E-state index contributed by atoms with van der Waals surface area (Å²) in [4.78, 5) is 17.5. The summed E-state index contributed by atoms with van der Waals surface area (Å²) >= 11 is 1.46. The Morgan fingerprint density at radius 2 is 1.67 bits per heavy atom. The van der Waals surface area contributed by atoms with Gasteiger partial charge in [-0.3, -0.25) is 14.3 Å². The lowest BCUT2D eigenvalue weighted by atomic mass is 9.85. The Labute approximate surface area is 216 Å². The zero-order valence-electron chi connectivity index (χ0n) is 20.5. The zero-order chi connectivity index (χ0) is 24.7. The van der Waals surface area contributed by atoms with Crippen molar-refractivity contribution in [3.05, 3.63) is 96.3 Å². The molecule has 1 aliphatic rings. The first-order valence-electron chi connectivity index (χ1n) is 12.6. The fraction of sp³-hybridized carbons (Fsp3) is 0.310. The molecule has 5 rings (SSSR count). The average Bonchev–Trinajstić information content (AvgIpc) is 3.36. The highest BCUT2D eigenvalue weighted by Gasteiger charge is 2.29. The van der Waals surface area contributed by atoms with E-state index in [9.17, 15) is 4.79 Å². The normalized spacial score (nSPS) is 17.7. The van der Waals surface area contributed by atoms with E-state index in [0.717, 1.165) is 34.1 Å². The summed E-state index contributed by atoms with van der Waals surface area (Å²) in [6.45, 7) is 2.31. The van der Waals surface area contributed by atoms with Gasteiger partial charge in [-0.2, -0.15) is 0 Å². The zero-order valence-corrected chi connectivity index (χ0v) is 21.3. The van der Waals surface area contributed by atoms with E-state index in [1.807, 2.05) is 79.0 Å². The van der Waals surface area contributed by atoms with Crippen molar-refractivity contribution in [1.82, 2.24) is 25.1 Å². The van der Waals surface area contributed by atoms with Gasteiger partial charge in [-0.15, -0.1) is 10.2 Å². The molecule has 2 atom stereocenters. The number of carbonyl (C=O) groups is 1. The number of hydrogen-bond donors (Lipinski definition) is 1. The molecule has 4 aromatic rings. The molecule has 0 saturated heterocycles. The fourth-order valence-corrected chi connectivity index (χ4v) is 5.83. The van der Waals surface area contributed by atoms with Crippen molar-refractivity contribution in [1.29, 1.82) is 0 Å². The topological polar surface area (TPSA) is 72.7 Å². The van der Waals surface area contributed by atoms with Crippen LogP contribution in [0, 0.1) is 5.92 Å². The fourth-order valence-electron chi connectivity index (χ4n) is 5.03. The van der Waals surface area contributed by atoms with Gasteiger partial charge in [-0.1, -0.05) is 92.2 Å². The van der Waals surface area contributed by atoms with Crippen LogP contribution in [0.3, 0.4) is 0 Å². The molecule has 1 saturated carbocycles. The Balaban J connectivity index is 1.37. The van der Waals surface area contributed by atoms with Crippen molar-refractivity contribution in [2.24, 2.45) is 5.92 Å². The van der Waals surface area contributed by atoms with Gasteiger partial charge in [0.2, 0.25) is 5.91 Å². The van der Waals surface area contributed by atoms with Crippen LogP contribution in [0.5, 0.6) is 0 Å². The average molecular weight is 498 g/mol. The third-order valence-electron chi connectivity index (χ3n) is 6.89. The first-order valence-corrected chi connectivity index (χ1v) is 13.6. The van der Waals surface area contributed by atoms with Crippen LogP contribution in [-0.2, 0) is 4.79 Å². The predicted molar refractivity (Wildman–Crippen MR) is 144 cm³/mol. The van der Waals surface area contributed by atoms with Crippen LogP contribution in [0.4, 0.5) is 0 Å². The van der Waals surface area contributed by atoms with E-state index in [2.05, 4.69) is 32.0 Å². The van der Waals surface area contributed by atoms with Crippen molar-refractivity contribution < 1.29 is 4.79 Å². The number of nitrogens with zero attached hydrogens (tertiary/aromatic N) is 4. The highest BCUT2D eigenvalue weighted by molar-refractivity contribution is 7.99. The molecule has 1 fully saturated rings. The number of aromatic nitrogens is 4. The number of hydrogen-bond acceptors (Lipinski definition) is 5. The number of pyridine rings is 1. The van der Waals surface area contributed by atoms with Gasteiger partial charge in [0, 0.05) is 24.0 Å². The molecule has 1 aliphatic carbocycles. The molecule has 7 heteroatoms. The first-order chi connectivity index (χ1) is 17.7. The Kier molecular flexibility index (Phi) is 7.76. The highest BCUT2D eigenvalue weighted by atomic mass is 32.2. The monoisotopic (exact) mass is 497 g/mol. The summed E-state index contributed by atoms with van der Waals surface area (Å²) in [6, 6.07) is 24.2. The number of benzene rings is 2. The SMILES string of the molecule is C[C@@H]1CCCC[C@@H]1n1c(SCC(=O)NC(c2ccccc2)c2ccccc2)nnc1-c1cccnc1. The maximum atomic E-state index is 13.2. The summed E-state index contributed by atoms with van der Waals surface area (Å²) in [5.41, 5.74) is 3.06. The summed E-state index contributed by atoms with van der Waals surface area (Å²) in [6.07, 6.45) is 8.34. The maximum absolute atomic E-state index is 13.2. The second kappa shape index (κ2) is 11.5. The van der Waals surface area contributed by atoms with Crippen molar-refractivity contribution >= 4 is 17.7 Å². The molecule has 1 N–H and O–H groups in total. The Morgan fingerprint density at radius 1 is 0.972 bits per heavy atom. The van der Waals surface area contributed by atoms with E-state index in [1.165, 1.54) is 31.0 Å². The minimum absolute atomic E-state index is 0.0353. The molecule has 0 bridgehead atoms. The van der Waals surface area contributed by atoms with E-state index in [1.54, 1.807) is 6.20 Å². The van der Waals surface area contributed by atoms with Crippen molar-refractivity contribution in [3.8, 4) is 11.4 Å². The smallest absolute Gasteiger partial charge is 0.231 e. The lowest BCUT2D eigenvalue weighted by Gasteiger charge is -2.31. The molecule has 0 radical (unpaired) electrons. The highest BCUT2D eigenvalue weighted by Crippen LogP contribution is 2.39. The predicted octanol–water partition coefficient (Wildman–Crippen LogP) is 6.09. The van der Waals surface area contributed by atoms with Gasteiger partial charge >= 0.3 is 0 Å². The van der Waals surface area contributed by atoms with Crippen molar-refractivity contribution in [2.45, 2.75) is 49.8 Å². The number of nitrogens with one attached hydrogen (secondary N) is 1. The van der Waals surface area contributed by atoms with Gasteiger partial charge in [0.15, 0.2) is 11.0 Å². The van der Waals surface area contributed by atoms with Gasteiger partial charge in [-0.05, 0) is 42.0 Å². The molecule has 2 aromatic carbocycles. The molecular weight excluding hydrogens is 466 g/mol. The molecular formula is C29H31N5OS. The van der Waals surface area contributed by atoms with Gasteiger partial charge < -0.3 is 5.32 Å².